The Morgan fingerprint density at radius 2 is 1.75 bits per heavy atom. The predicted molar refractivity (Wildman–Crippen MR) is 125 cm³/mol. The van der Waals surface area contributed by atoms with Crippen LogP contribution in [0.4, 0.5) is 4.39 Å². The molecule has 0 fully saturated rings. The summed E-state index contributed by atoms with van der Waals surface area (Å²) in [4.78, 5) is 28.0. The van der Waals surface area contributed by atoms with Crippen molar-refractivity contribution in [1.29, 1.82) is 0 Å². The molecule has 0 spiro atoms. The SMILES string of the molecule is Cc1nc2c(c(=O)n1CCC(C)C)c1nc3ccccc3nc1n2-c1ccc(F)c(Cl)c1. The molecule has 3 heterocycles. The molecular weight excluding hydrogens is 429 g/mol. The molecule has 0 aliphatic rings. The standard InChI is InChI=1S/C24H21ClFN5O/c1-13(2)10-11-30-14(3)27-22-20(24(30)32)21-23(29-19-7-5-4-6-18(19)28-21)31(22)15-8-9-17(26)16(25)12-15/h4-9,12-13H,10-11H2,1-3H3. The Kier molecular flexibility index (Phi) is 4.93. The van der Waals surface area contributed by atoms with Crippen molar-refractivity contribution in [2.75, 3.05) is 0 Å². The highest BCUT2D eigenvalue weighted by atomic mass is 35.5. The molecule has 0 radical (unpaired) electrons. The van der Waals surface area contributed by atoms with Gasteiger partial charge in [0.1, 0.15) is 22.5 Å². The van der Waals surface area contributed by atoms with E-state index in [2.05, 4.69) is 13.8 Å². The number of para-hydroxylation sites is 2. The molecular formula is C24H21ClFN5O. The maximum atomic E-state index is 13.9. The van der Waals surface area contributed by atoms with Crippen LogP contribution in [-0.4, -0.2) is 24.1 Å². The lowest BCUT2D eigenvalue weighted by atomic mass is 10.1. The van der Waals surface area contributed by atoms with E-state index in [-0.39, 0.29) is 10.6 Å². The summed E-state index contributed by atoms with van der Waals surface area (Å²) in [7, 11) is 0. The maximum Gasteiger partial charge on any atom is 0.265 e. The molecule has 3 aromatic heterocycles. The van der Waals surface area contributed by atoms with E-state index < -0.39 is 5.82 Å². The van der Waals surface area contributed by atoms with Crippen LogP contribution in [0.5, 0.6) is 0 Å². The van der Waals surface area contributed by atoms with Crippen molar-refractivity contribution in [3.63, 3.8) is 0 Å². The number of rotatable bonds is 4. The van der Waals surface area contributed by atoms with E-state index in [1.807, 2.05) is 31.2 Å². The van der Waals surface area contributed by atoms with Crippen molar-refractivity contribution in [3.8, 4) is 5.69 Å². The van der Waals surface area contributed by atoms with Crippen molar-refractivity contribution >= 4 is 44.8 Å². The van der Waals surface area contributed by atoms with Crippen LogP contribution in [0.3, 0.4) is 0 Å². The van der Waals surface area contributed by atoms with E-state index in [1.54, 1.807) is 15.2 Å². The van der Waals surface area contributed by atoms with Crippen LogP contribution in [0, 0.1) is 18.7 Å². The molecule has 0 aliphatic heterocycles. The van der Waals surface area contributed by atoms with Gasteiger partial charge in [0.05, 0.1) is 21.7 Å². The molecule has 0 saturated carbocycles. The molecule has 0 bridgehead atoms. The average molecular weight is 450 g/mol. The van der Waals surface area contributed by atoms with Crippen molar-refractivity contribution in [1.82, 2.24) is 24.1 Å². The van der Waals surface area contributed by atoms with Crippen LogP contribution in [0.25, 0.3) is 38.9 Å². The van der Waals surface area contributed by atoms with Crippen LogP contribution in [0.15, 0.2) is 47.3 Å². The summed E-state index contributed by atoms with van der Waals surface area (Å²) in [6.45, 7) is 6.63. The highest BCUT2D eigenvalue weighted by molar-refractivity contribution is 6.31. The molecule has 0 amide bonds. The first-order valence-electron chi connectivity index (χ1n) is 10.5. The molecule has 32 heavy (non-hydrogen) atoms. The Balaban J connectivity index is 1.93. The zero-order valence-corrected chi connectivity index (χ0v) is 18.7. The van der Waals surface area contributed by atoms with Crippen LogP contribution in [0.2, 0.25) is 5.02 Å². The second kappa shape index (κ2) is 7.67. The second-order valence-electron chi connectivity index (χ2n) is 8.32. The largest absolute Gasteiger partial charge is 0.296 e. The lowest BCUT2D eigenvalue weighted by Gasteiger charge is -2.12. The Hall–Kier alpha value is -3.32. The Morgan fingerprint density at radius 3 is 2.44 bits per heavy atom. The number of hydrogen-bond donors (Lipinski definition) is 0. The monoisotopic (exact) mass is 449 g/mol. The third-order valence-electron chi connectivity index (χ3n) is 5.64. The lowest BCUT2D eigenvalue weighted by molar-refractivity contribution is 0.498. The van der Waals surface area contributed by atoms with E-state index in [9.17, 15) is 9.18 Å². The number of nitrogens with zero attached hydrogens (tertiary/aromatic N) is 5. The van der Waals surface area contributed by atoms with Gasteiger partial charge in [0, 0.05) is 6.54 Å². The summed E-state index contributed by atoms with van der Waals surface area (Å²) < 4.78 is 17.3. The van der Waals surface area contributed by atoms with Crippen LogP contribution >= 0.6 is 11.6 Å². The number of halogens is 2. The number of hydrogen-bond acceptors (Lipinski definition) is 4. The molecule has 0 N–H and O–H groups in total. The first-order chi connectivity index (χ1) is 15.3. The fraction of sp³-hybridized carbons (Fsp3) is 0.250. The minimum atomic E-state index is -0.520. The summed E-state index contributed by atoms with van der Waals surface area (Å²) >= 11 is 6.08. The van der Waals surface area contributed by atoms with Gasteiger partial charge in [0.25, 0.3) is 5.56 Å². The van der Waals surface area contributed by atoms with Gasteiger partial charge in [-0.3, -0.25) is 13.9 Å². The molecule has 8 heteroatoms. The number of benzene rings is 2. The summed E-state index contributed by atoms with van der Waals surface area (Å²) in [5.41, 5.74) is 3.16. The highest BCUT2D eigenvalue weighted by Crippen LogP contribution is 2.30. The lowest BCUT2D eigenvalue weighted by Crippen LogP contribution is -2.24. The highest BCUT2D eigenvalue weighted by Gasteiger charge is 2.22. The van der Waals surface area contributed by atoms with E-state index >= 15 is 0 Å². The van der Waals surface area contributed by atoms with Gasteiger partial charge in [0.2, 0.25) is 0 Å². The molecule has 0 saturated heterocycles. The van der Waals surface area contributed by atoms with Gasteiger partial charge in [-0.2, -0.15) is 0 Å². The van der Waals surface area contributed by atoms with Gasteiger partial charge in [0.15, 0.2) is 11.3 Å². The minimum absolute atomic E-state index is 0.0201. The van der Waals surface area contributed by atoms with Gasteiger partial charge < -0.3 is 0 Å². The van der Waals surface area contributed by atoms with Crippen LogP contribution < -0.4 is 5.56 Å². The van der Waals surface area contributed by atoms with E-state index in [0.717, 1.165) is 6.42 Å². The summed E-state index contributed by atoms with van der Waals surface area (Å²) in [5.74, 6) is 0.529. The molecule has 0 atom stereocenters. The van der Waals surface area contributed by atoms with Crippen molar-refractivity contribution in [2.45, 2.75) is 33.7 Å². The van der Waals surface area contributed by atoms with Crippen molar-refractivity contribution in [3.05, 3.63) is 69.5 Å². The molecule has 0 unspecified atom stereocenters. The van der Waals surface area contributed by atoms with Crippen LogP contribution in [-0.2, 0) is 6.54 Å². The molecule has 5 rings (SSSR count). The molecule has 162 valence electrons. The molecule has 2 aromatic carbocycles. The first-order valence-corrected chi connectivity index (χ1v) is 10.9. The molecule has 5 aromatic rings. The third-order valence-corrected chi connectivity index (χ3v) is 5.93. The maximum absolute atomic E-state index is 13.9. The second-order valence-corrected chi connectivity index (χ2v) is 8.72. The summed E-state index contributed by atoms with van der Waals surface area (Å²) in [6.07, 6.45) is 0.856. The van der Waals surface area contributed by atoms with Gasteiger partial charge in [-0.15, -0.1) is 0 Å². The molecule has 6 nitrogen and oxygen atoms in total. The van der Waals surface area contributed by atoms with Crippen molar-refractivity contribution < 1.29 is 4.39 Å². The molecule has 0 aliphatic carbocycles. The van der Waals surface area contributed by atoms with E-state index in [0.29, 0.717) is 57.2 Å². The Morgan fingerprint density at radius 1 is 1.03 bits per heavy atom. The predicted octanol–water partition coefficient (Wildman–Crippen LogP) is 5.43. The summed E-state index contributed by atoms with van der Waals surface area (Å²) in [5, 5.41) is 0.376. The minimum Gasteiger partial charge on any atom is -0.296 e. The Bertz CT molecular complexity index is 1570. The van der Waals surface area contributed by atoms with E-state index in [1.165, 1.54) is 12.1 Å². The van der Waals surface area contributed by atoms with E-state index in [4.69, 9.17) is 26.6 Å². The topological polar surface area (TPSA) is 65.6 Å². The Labute approximate surface area is 188 Å². The zero-order valence-electron chi connectivity index (χ0n) is 17.9. The first kappa shape index (κ1) is 20.6. The van der Waals surface area contributed by atoms with Gasteiger partial charge in [-0.05, 0) is 49.6 Å². The quantitative estimate of drug-likeness (QED) is 0.367. The third kappa shape index (κ3) is 3.24. The number of aryl methyl sites for hydroxylation is 1. The fourth-order valence-corrected chi connectivity index (χ4v) is 4.12. The summed E-state index contributed by atoms with van der Waals surface area (Å²) in [6, 6.07) is 11.9. The zero-order chi connectivity index (χ0) is 22.6. The smallest absolute Gasteiger partial charge is 0.265 e. The van der Waals surface area contributed by atoms with Crippen LogP contribution in [0.1, 0.15) is 26.1 Å². The average Bonchev–Trinajstić information content (AvgIpc) is 3.06. The van der Waals surface area contributed by atoms with Gasteiger partial charge >= 0.3 is 0 Å². The number of aromatic nitrogens is 5. The fourth-order valence-electron chi connectivity index (χ4n) is 3.95. The van der Waals surface area contributed by atoms with Crippen molar-refractivity contribution in [2.24, 2.45) is 5.92 Å². The normalized spacial score (nSPS) is 11.9. The van der Waals surface area contributed by atoms with Gasteiger partial charge in [-0.25, -0.2) is 19.3 Å². The van der Waals surface area contributed by atoms with Gasteiger partial charge in [-0.1, -0.05) is 37.6 Å². The number of fused-ring (bicyclic) bond motifs is 4.